The van der Waals surface area contributed by atoms with Crippen molar-refractivity contribution in [3.05, 3.63) is 27.5 Å². The Hall–Kier alpha value is -1.14. The summed E-state index contributed by atoms with van der Waals surface area (Å²) in [5, 5.41) is 0.168. The molecule has 5 nitrogen and oxygen atoms in total. The minimum absolute atomic E-state index is 0.168. The summed E-state index contributed by atoms with van der Waals surface area (Å²) in [7, 11) is 0. The maximum Gasteiger partial charge on any atom is 0.310 e. The molecule has 1 saturated heterocycles. The van der Waals surface area contributed by atoms with Gasteiger partial charge in [-0.1, -0.05) is 11.6 Å². The lowest BCUT2D eigenvalue weighted by Crippen LogP contribution is -2.43. The fourth-order valence-corrected chi connectivity index (χ4v) is 2.87. The van der Waals surface area contributed by atoms with Crippen LogP contribution in [-0.4, -0.2) is 41.5 Å². The molecule has 114 valence electrons. The van der Waals surface area contributed by atoms with E-state index in [1.165, 1.54) is 6.20 Å². The molecule has 7 heteroatoms. The van der Waals surface area contributed by atoms with Crippen LogP contribution >= 0.6 is 27.5 Å². The van der Waals surface area contributed by atoms with Crippen LogP contribution in [0.1, 0.15) is 30.1 Å². The van der Waals surface area contributed by atoms with Crippen molar-refractivity contribution in [2.24, 2.45) is 5.92 Å². The number of likely N-dealkylation sites (tertiary alicyclic amines) is 1. The molecule has 0 bridgehead atoms. The first-order valence-electron chi connectivity index (χ1n) is 6.80. The summed E-state index contributed by atoms with van der Waals surface area (Å²) in [5.74, 6) is -0.710. The van der Waals surface area contributed by atoms with Gasteiger partial charge in [0.25, 0.3) is 5.91 Å². The molecule has 2 heterocycles. The van der Waals surface area contributed by atoms with E-state index in [4.69, 9.17) is 16.3 Å². The zero-order chi connectivity index (χ0) is 15.4. The highest BCUT2D eigenvalue weighted by Gasteiger charge is 2.30. The first-order valence-corrected chi connectivity index (χ1v) is 7.97. The minimum atomic E-state index is -0.262. The van der Waals surface area contributed by atoms with Gasteiger partial charge in [-0.2, -0.15) is 0 Å². The molecular formula is C14H16BrClN2O3. The lowest BCUT2D eigenvalue weighted by atomic mass is 9.97. The number of amides is 1. The molecule has 1 aromatic heterocycles. The highest BCUT2D eigenvalue weighted by atomic mass is 79.9. The van der Waals surface area contributed by atoms with Gasteiger partial charge in [-0.05, 0) is 41.8 Å². The number of rotatable bonds is 3. The number of hydrogen-bond donors (Lipinski definition) is 0. The maximum atomic E-state index is 12.5. The van der Waals surface area contributed by atoms with Gasteiger partial charge >= 0.3 is 5.97 Å². The van der Waals surface area contributed by atoms with Crippen LogP contribution in [0.2, 0.25) is 5.15 Å². The summed E-state index contributed by atoms with van der Waals surface area (Å²) < 4.78 is 5.72. The third-order valence-electron chi connectivity index (χ3n) is 3.36. The quantitative estimate of drug-likeness (QED) is 0.602. The van der Waals surface area contributed by atoms with Crippen LogP contribution in [0.25, 0.3) is 0 Å². The first kappa shape index (κ1) is 16.2. The van der Waals surface area contributed by atoms with E-state index in [2.05, 4.69) is 20.9 Å². The molecule has 0 unspecified atom stereocenters. The summed E-state index contributed by atoms with van der Waals surface area (Å²) in [6.07, 6.45) is 3.05. The van der Waals surface area contributed by atoms with E-state index in [0.717, 1.165) is 12.8 Å². The van der Waals surface area contributed by atoms with Gasteiger partial charge in [0.1, 0.15) is 5.15 Å². The van der Waals surface area contributed by atoms with E-state index in [-0.39, 0.29) is 22.9 Å². The average molecular weight is 376 g/mol. The second-order valence-corrected chi connectivity index (χ2v) is 6.11. The molecular weight excluding hydrogens is 360 g/mol. The van der Waals surface area contributed by atoms with Crippen molar-refractivity contribution in [3.8, 4) is 0 Å². The fourth-order valence-electron chi connectivity index (χ4n) is 2.36. The second-order valence-electron chi connectivity index (χ2n) is 4.83. The predicted molar refractivity (Wildman–Crippen MR) is 82.2 cm³/mol. The monoisotopic (exact) mass is 374 g/mol. The van der Waals surface area contributed by atoms with Crippen LogP contribution in [-0.2, 0) is 9.53 Å². The number of ether oxygens (including phenoxy) is 1. The van der Waals surface area contributed by atoms with Crippen molar-refractivity contribution in [2.45, 2.75) is 19.8 Å². The lowest BCUT2D eigenvalue weighted by molar-refractivity contribution is -0.149. The smallest absolute Gasteiger partial charge is 0.310 e. The molecule has 1 atom stereocenters. The molecule has 0 radical (unpaired) electrons. The SMILES string of the molecule is CCOC(=O)[C@H]1CCCN(C(=O)c2cc(Br)cnc2Cl)C1. The predicted octanol–water partition coefficient (Wildman–Crippen LogP) is 2.91. The highest BCUT2D eigenvalue weighted by Crippen LogP contribution is 2.24. The second kappa shape index (κ2) is 7.22. The van der Waals surface area contributed by atoms with Crippen LogP contribution in [0.3, 0.4) is 0 Å². The van der Waals surface area contributed by atoms with Crippen molar-refractivity contribution in [1.82, 2.24) is 9.88 Å². The van der Waals surface area contributed by atoms with Crippen molar-refractivity contribution >= 4 is 39.4 Å². The number of nitrogens with zero attached hydrogens (tertiary/aromatic N) is 2. The molecule has 1 aliphatic heterocycles. The molecule has 0 spiro atoms. The van der Waals surface area contributed by atoms with Crippen LogP contribution < -0.4 is 0 Å². The van der Waals surface area contributed by atoms with E-state index in [0.29, 0.717) is 29.7 Å². The number of carbonyl (C=O) groups excluding carboxylic acids is 2. The van der Waals surface area contributed by atoms with Crippen molar-refractivity contribution < 1.29 is 14.3 Å². The van der Waals surface area contributed by atoms with Gasteiger partial charge in [-0.3, -0.25) is 9.59 Å². The van der Waals surface area contributed by atoms with Gasteiger partial charge < -0.3 is 9.64 Å². The Labute approximate surface area is 136 Å². The molecule has 1 aliphatic rings. The number of esters is 1. The summed E-state index contributed by atoms with van der Waals surface area (Å²) in [4.78, 5) is 29.9. The molecule has 21 heavy (non-hydrogen) atoms. The highest BCUT2D eigenvalue weighted by molar-refractivity contribution is 9.10. The standard InChI is InChI=1S/C14H16BrClN2O3/c1-2-21-14(20)9-4-3-5-18(8-9)13(19)11-6-10(15)7-17-12(11)16/h6-7,9H,2-5,8H2,1H3/t9-/m0/s1. The van der Waals surface area contributed by atoms with Crippen molar-refractivity contribution in [3.63, 3.8) is 0 Å². The van der Waals surface area contributed by atoms with Crippen LogP contribution in [0.4, 0.5) is 0 Å². The fraction of sp³-hybridized carbons (Fsp3) is 0.500. The molecule has 0 N–H and O–H groups in total. The number of pyridine rings is 1. The first-order chi connectivity index (χ1) is 10.0. The van der Waals surface area contributed by atoms with E-state index >= 15 is 0 Å². The minimum Gasteiger partial charge on any atom is -0.466 e. The largest absolute Gasteiger partial charge is 0.466 e. The Balaban J connectivity index is 2.12. The summed E-state index contributed by atoms with van der Waals surface area (Å²) in [5.41, 5.74) is 0.343. The molecule has 0 aromatic carbocycles. The van der Waals surface area contributed by atoms with Gasteiger partial charge in [-0.25, -0.2) is 4.98 Å². The Bertz CT molecular complexity index is 553. The third kappa shape index (κ3) is 3.95. The Kier molecular flexibility index (Phi) is 5.58. The zero-order valence-corrected chi connectivity index (χ0v) is 14.0. The van der Waals surface area contributed by atoms with E-state index in [1.54, 1.807) is 17.9 Å². The van der Waals surface area contributed by atoms with Crippen molar-refractivity contribution in [1.29, 1.82) is 0 Å². The Morgan fingerprint density at radius 1 is 1.57 bits per heavy atom. The third-order valence-corrected chi connectivity index (χ3v) is 4.10. The topological polar surface area (TPSA) is 59.5 Å². The summed E-state index contributed by atoms with van der Waals surface area (Å²) in [6.45, 7) is 3.10. The lowest BCUT2D eigenvalue weighted by Gasteiger charge is -2.31. The van der Waals surface area contributed by atoms with Crippen LogP contribution in [0.5, 0.6) is 0 Å². The summed E-state index contributed by atoms with van der Waals surface area (Å²) >= 11 is 9.27. The average Bonchev–Trinajstić information content (AvgIpc) is 2.49. The summed E-state index contributed by atoms with van der Waals surface area (Å²) in [6, 6.07) is 1.64. The number of piperidine rings is 1. The molecule has 2 rings (SSSR count). The van der Waals surface area contributed by atoms with Crippen molar-refractivity contribution in [2.75, 3.05) is 19.7 Å². The van der Waals surface area contributed by atoms with Gasteiger partial charge in [0.2, 0.25) is 0 Å². The van der Waals surface area contributed by atoms with Gasteiger partial charge in [0.05, 0.1) is 18.1 Å². The molecule has 0 aliphatic carbocycles. The van der Waals surface area contributed by atoms with Crippen LogP contribution in [0, 0.1) is 5.92 Å². The van der Waals surface area contributed by atoms with Gasteiger partial charge in [0.15, 0.2) is 0 Å². The maximum absolute atomic E-state index is 12.5. The Morgan fingerprint density at radius 3 is 3.05 bits per heavy atom. The number of aromatic nitrogens is 1. The molecule has 1 amide bonds. The number of hydrogen-bond acceptors (Lipinski definition) is 4. The molecule has 0 saturated carbocycles. The normalized spacial score (nSPS) is 18.4. The van der Waals surface area contributed by atoms with Gasteiger partial charge in [0, 0.05) is 23.8 Å². The Morgan fingerprint density at radius 2 is 2.33 bits per heavy atom. The van der Waals surface area contributed by atoms with E-state index in [9.17, 15) is 9.59 Å². The number of carbonyl (C=O) groups is 2. The zero-order valence-electron chi connectivity index (χ0n) is 11.6. The number of halogens is 2. The van der Waals surface area contributed by atoms with Crippen LogP contribution in [0.15, 0.2) is 16.7 Å². The van der Waals surface area contributed by atoms with E-state index in [1.807, 2.05) is 0 Å². The molecule has 1 fully saturated rings. The van der Waals surface area contributed by atoms with Gasteiger partial charge in [-0.15, -0.1) is 0 Å². The molecule has 1 aromatic rings. The van der Waals surface area contributed by atoms with E-state index < -0.39 is 0 Å².